The van der Waals surface area contributed by atoms with E-state index in [1.54, 1.807) is 24.3 Å². The smallest absolute Gasteiger partial charge is 0.147 e. The molecule has 8 heteroatoms. The Kier molecular flexibility index (Phi) is 18.2. The maximum atomic E-state index is 16.5. The fraction of sp³-hybridized carbons (Fsp3) is 0.400. The van der Waals surface area contributed by atoms with Crippen LogP contribution in [0, 0.1) is 28.4 Å². The zero-order valence-electron chi connectivity index (χ0n) is 62.4. The maximum absolute atomic E-state index is 16.5. The summed E-state index contributed by atoms with van der Waals surface area (Å²) in [5, 5.41) is 61.4. The molecule has 0 spiro atoms. The monoisotopic (exact) mass is 1320 g/mol. The van der Waals surface area contributed by atoms with E-state index in [0.29, 0.717) is 57.6 Å². The molecule has 2 aromatic heterocycles. The highest BCUT2D eigenvalue weighted by atomic mass is 19.1. The lowest BCUT2D eigenvalue weighted by molar-refractivity contribution is 0.00831. The topological polar surface area (TPSA) is 90.8 Å². The van der Waals surface area contributed by atoms with E-state index in [2.05, 4.69) is 234 Å². The van der Waals surface area contributed by atoms with Crippen molar-refractivity contribution in [2.45, 2.75) is 216 Å². The molecule has 2 atom stereocenters. The van der Waals surface area contributed by atoms with Gasteiger partial charge < -0.3 is 29.6 Å². The summed E-state index contributed by atoms with van der Waals surface area (Å²) in [6, 6.07) is 52.7. The summed E-state index contributed by atoms with van der Waals surface area (Å²) in [7, 11) is 0. The number of aromatic nitrogens is 2. The Morgan fingerprint density at radius 3 is 0.939 bits per heavy atom. The van der Waals surface area contributed by atoms with Crippen molar-refractivity contribution in [2.75, 3.05) is 0 Å². The van der Waals surface area contributed by atoms with E-state index in [-0.39, 0.29) is 61.5 Å². The van der Waals surface area contributed by atoms with Gasteiger partial charge >= 0.3 is 0 Å². The van der Waals surface area contributed by atoms with Gasteiger partial charge in [0.1, 0.15) is 23.1 Å². The van der Waals surface area contributed by atoms with Gasteiger partial charge in [0, 0.05) is 38.6 Å². The van der Waals surface area contributed by atoms with Crippen molar-refractivity contribution in [3.63, 3.8) is 0 Å². The number of hydrogen-bond donors (Lipinski definition) is 4. The number of hydrogen-bond acceptors (Lipinski definition) is 4. The Labute approximate surface area is 582 Å². The van der Waals surface area contributed by atoms with Crippen LogP contribution in [0.3, 0.4) is 0 Å². The van der Waals surface area contributed by atoms with Gasteiger partial charge in [0.2, 0.25) is 0 Å². The van der Waals surface area contributed by atoms with Crippen LogP contribution in [0.5, 0.6) is 11.5 Å². The number of aliphatic hydroxyl groups is 2. The van der Waals surface area contributed by atoms with Crippen molar-refractivity contribution < 1.29 is 29.2 Å². The van der Waals surface area contributed by atoms with Crippen molar-refractivity contribution in [3.8, 4) is 45.1 Å². The maximum Gasteiger partial charge on any atom is 0.147 e. The first kappa shape index (κ1) is 71.3. The van der Waals surface area contributed by atoms with E-state index in [9.17, 15) is 20.4 Å². The number of rotatable bonds is 14. The lowest BCUT2D eigenvalue weighted by Gasteiger charge is -2.41. The molecule has 6 nitrogen and oxygen atoms in total. The first-order valence-electron chi connectivity index (χ1n) is 35.3. The van der Waals surface area contributed by atoms with Crippen LogP contribution in [0.2, 0.25) is 0 Å². The fourth-order valence-electron chi connectivity index (χ4n) is 16.3. The van der Waals surface area contributed by atoms with E-state index in [0.717, 1.165) is 71.4 Å². The highest BCUT2D eigenvalue weighted by Gasteiger charge is 2.44. The molecule has 98 heavy (non-hydrogen) atoms. The number of aliphatic hydroxyl groups excluding tert-OH is 2. The number of phenolic OH excluding ortho intramolecular Hbond substituents is 2. The van der Waals surface area contributed by atoms with Crippen LogP contribution in [0.15, 0.2) is 164 Å². The summed E-state index contributed by atoms with van der Waals surface area (Å²) in [5.74, 6) is -2.56. The minimum Gasteiger partial charge on any atom is -0.505 e. The van der Waals surface area contributed by atoms with Crippen molar-refractivity contribution in [2.24, 2.45) is 16.7 Å². The molecule has 0 bridgehead atoms. The van der Waals surface area contributed by atoms with Crippen LogP contribution in [0.25, 0.3) is 77.2 Å². The molecule has 11 aromatic rings. The van der Waals surface area contributed by atoms with Gasteiger partial charge in [0.25, 0.3) is 0 Å². The summed E-state index contributed by atoms with van der Waals surface area (Å²) in [6.07, 6.45) is -1.93. The van der Waals surface area contributed by atoms with Gasteiger partial charge in [0.15, 0.2) is 0 Å². The average Bonchev–Trinajstić information content (AvgIpc) is 1.46. The largest absolute Gasteiger partial charge is 0.505 e. The Balaban J connectivity index is 1.28. The predicted molar refractivity (Wildman–Crippen MR) is 408 cm³/mol. The van der Waals surface area contributed by atoms with Gasteiger partial charge in [-0.05, 0) is 209 Å². The van der Waals surface area contributed by atoms with E-state index in [4.69, 9.17) is 0 Å². The molecular weight excluding hydrogens is 1210 g/mol. The van der Waals surface area contributed by atoms with E-state index in [1.165, 1.54) is 24.3 Å². The minimum atomic E-state index is -1.62. The second-order valence-corrected chi connectivity index (χ2v) is 36.3. The molecule has 0 saturated carbocycles. The van der Waals surface area contributed by atoms with Crippen molar-refractivity contribution in [1.29, 1.82) is 0 Å². The third-order valence-electron chi connectivity index (χ3n) is 20.5. The highest BCUT2D eigenvalue weighted by Crippen LogP contribution is 2.57. The molecule has 4 N–H and O–H groups in total. The molecule has 0 aliphatic rings. The molecule has 0 aliphatic heterocycles. The lowest BCUT2D eigenvalue weighted by Crippen LogP contribution is -2.32. The lowest BCUT2D eigenvalue weighted by atomic mass is 9.66. The Morgan fingerprint density at radius 1 is 0.357 bits per heavy atom. The second-order valence-electron chi connectivity index (χ2n) is 36.3. The number of aromatic hydroxyl groups is 2. The number of nitrogens with zero attached hydrogens (tertiary/aromatic N) is 2. The molecule has 2 heterocycles. The average molecular weight is 1320 g/mol. The van der Waals surface area contributed by atoms with Gasteiger partial charge in [-0.25, -0.2) is 8.78 Å². The van der Waals surface area contributed by atoms with Gasteiger partial charge in [-0.1, -0.05) is 231 Å². The van der Waals surface area contributed by atoms with Crippen molar-refractivity contribution in [3.05, 3.63) is 225 Å². The zero-order chi connectivity index (χ0) is 71.7. The molecule has 0 radical (unpaired) electrons. The molecule has 0 aliphatic carbocycles. The number of halogens is 2. The summed E-state index contributed by atoms with van der Waals surface area (Å²) in [6.45, 7) is 48.5. The van der Waals surface area contributed by atoms with Crippen LogP contribution in [0.4, 0.5) is 8.78 Å². The molecule has 2 unspecified atom stereocenters. The molecule has 0 amide bonds. The summed E-state index contributed by atoms with van der Waals surface area (Å²) >= 11 is 0. The van der Waals surface area contributed by atoms with Crippen molar-refractivity contribution in [1.82, 2.24) is 9.13 Å². The van der Waals surface area contributed by atoms with Crippen molar-refractivity contribution >= 4 is 43.6 Å². The van der Waals surface area contributed by atoms with Gasteiger partial charge in [0.05, 0.1) is 45.6 Å². The summed E-state index contributed by atoms with van der Waals surface area (Å²) in [5.41, 5.74) is 10.3. The Morgan fingerprint density at radius 2 is 0.663 bits per heavy atom. The Bertz CT molecular complexity index is 4430. The van der Waals surface area contributed by atoms with Gasteiger partial charge in [-0.2, -0.15) is 0 Å². The highest BCUT2D eigenvalue weighted by molar-refractivity contribution is 6.11. The third kappa shape index (κ3) is 13.7. The molecule has 0 fully saturated rings. The van der Waals surface area contributed by atoms with Crippen LogP contribution >= 0.6 is 0 Å². The first-order valence-corrected chi connectivity index (χ1v) is 35.3. The second kappa shape index (κ2) is 25.0. The molecular formula is C90H106F2N2O4. The van der Waals surface area contributed by atoms with Crippen LogP contribution in [0.1, 0.15) is 227 Å². The molecule has 9 aromatic carbocycles. The summed E-state index contributed by atoms with van der Waals surface area (Å²) in [4.78, 5) is 0. The molecule has 11 rings (SSSR count). The number of phenols is 2. The predicted octanol–water partition coefficient (Wildman–Crippen LogP) is 24.1. The fourth-order valence-corrected chi connectivity index (χ4v) is 16.3. The minimum absolute atomic E-state index is 0.0931. The van der Waals surface area contributed by atoms with Gasteiger partial charge in [-0.15, -0.1) is 0 Å². The van der Waals surface area contributed by atoms with Crippen LogP contribution < -0.4 is 0 Å². The number of fused-ring (bicyclic) bond motifs is 6. The summed E-state index contributed by atoms with van der Waals surface area (Å²) < 4.78 is 37.2. The third-order valence-corrected chi connectivity index (χ3v) is 20.5. The quantitative estimate of drug-likeness (QED) is 0.0873. The normalized spacial score (nSPS) is 14.3. The van der Waals surface area contributed by atoms with E-state index < -0.39 is 40.6 Å². The molecule has 514 valence electrons. The van der Waals surface area contributed by atoms with Crippen LogP contribution in [-0.4, -0.2) is 29.6 Å². The standard InChI is InChI=1S/C90H106F2N2O4/c1-83(2,3)51-89(19,20)67-49-73(93-69-38-34-56(85(7,8)9)45-62(69)63-46-57(86(10,11)12)35-39-70(63)93)81(97)75(54-30-26-32-60(91)43-54)77(67)79(95)66(42-53-28-24-23-25-29-53)80(96)78-68(90(21,22)52-84(4,5)6)50-74(82(98)76(78)55-31-27-33-61(92)44-55)94-71-40-36-58(87(13,14)15)47-64(71)65-48-59(88(16,17)18)37-41-72(65)94/h23-41,43-50,66,79-80,95-98H,42,51-52H2,1-22H3. The SMILES string of the molecule is CC(C)(C)CC(C)(C)c1cc(-n2c3ccc(C(C)(C)C)cc3c3cc(C(C)(C)C)ccc32)c(O)c(-c2cccc(F)c2)c1C(O)C(Cc1ccccc1)C(O)c1c(C(C)(C)CC(C)(C)C)cc(-n2c3ccc(C(C)(C)C)cc3c3cc(C(C)(C)C)ccc32)c(O)c1-c1cccc(F)c1. The van der Waals surface area contributed by atoms with Crippen LogP contribution in [-0.2, 0) is 38.9 Å². The van der Waals surface area contributed by atoms with Gasteiger partial charge in [-0.3, -0.25) is 0 Å². The first-order chi connectivity index (χ1) is 45.3. The zero-order valence-corrected chi connectivity index (χ0v) is 62.4. The van der Waals surface area contributed by atoms with E-state index in [1.807, 2.05) is 42.5 Å². The Hall–Kier alpha value is -8.04. The number of benzene rings is 9. The van der Waals surface area contributed by atoms with E-state index >= 15 is 8.78 Å². The molecule has 0 saturated heterocycles.